The molecule has 0 amide bonds. The van der Waals surface area contributed by atoms with E-state index in [0.717, 1.165) is 9.87 Å². The third kappa shape index (κ3) is 2.72. The van der Waals surface area contributed by atoms with E-state index in [1.165, 1.54) is 20.2 Å². The Morgan fingerprint density at radius 3 is 2.50 bits per heavy atom. The average molecular weight is 239 g/mol. The number of nitrogens with one attached hydrogen (secondary N) is 1. The Labute approximate surface area is 95.5 Å². The Morgan fingerprint density at radius 1 is 1.38 bits per heavy atom. The summed E-state index contributed by atoms with van der Waals surface area (Å²) in [5, 5.41) is 8.72. The third-order valence-electron chi connectivity index (χ3n) is 2.09. The monoisotopic (exact) mass is 239 g/mol. The first-order chi connectivity index (χ1) is 7.36. The maximum atomic E-state index is 11.6. The SMILES string of the molecule is Cc1ccc(C#N)cc1NS(=O)(=O)N(C)C. The van der Waals surface area contributed by atoms with Crippen LogP contribution in [0.2, 0.25) is 0 Å². The van der Waals surface area contributed by atoms with Gasteiger partial charge in [-0.15, -0.1) is 0 Å². The fourth-order valence-corrected chi connectivity index (χ4v) is 1.71. The molecule has 0 aliphatic carbocycles. The van der Waals surface area contributed by atoms with Gasteiger partial charge in [-0.3, -0.25) is 4.72 Å². The minimum absolute atomic E-state index is 0.419. The minimum atomic E-state index is -3.52. The lowest BCUT2D eigenvalue weighted by molar-refractivity contribution is 0.527. The first-order valence-corrected chi connectivity index (χ1v) is 6.02. The van der Waals surface area contributed by atoms with Crippen LogP contribution in [0.15, 0.2) is 18.2 Å². The molecule has 0 saturated carbocycles. The zero-order chi connectivity index (χ0) is 12.3. The third-order valence-corrected chi connectivity index (χ3v) is 3.53. The molecule has 0 spiro atoms. The number of nitriles is 1. The summed E-state index contributed by atoms with van der Waals surface area (Å²) in [6, 6.07) is 6.81. The van der Waals surface area contributed by atoms with Gasteiger partial charge in [0, 0.05) is 14.1 Å². The van der Waals surface area contributed by atoms with Crippen LogP contribution in [0.1, 0.15) is 11.1 Å². The van der Waals surface area contributed by atoms with Crippen molar-refractivity contribution in [1.29, 1.82) is 5.26 Å². The summed E-state index contributed by atoms with van der Waals surface area (Å²) in [7, 11) is -0.652. The van der Waals surface area contributed by atoms with Gasteiger partial charge >= 0.3 is 10.2 Å². The predicted octanol–water partition coefficient (Wildman–Crippen LogP) is 1.08. The van der Waals surface area contributed by atoms with E-state index < -0.39 is 10.2 Å². The topological polar surface area (TPSA) is 73.2 Å². The highest BCUT2D eigenvalue weighted by atomic mass is 32.2. The summed E-state index contributed by atoms with van der Waals surface area (Å²) in [4.78, 5) is 0. The van der Waals surface area contributed by atoms with Crippen molar-refractivity contribution in [2.75, 3.05) is 18.8 Å². The van der Waals surface area contributed by atoms with Crippen LogP contribution in [0, 0.1) is 18.3 Å². The maximum Gasteiger partial charge on any atom is 0.301 e. The second-order valence-corrected chi connectivity index (χ2v) is 5.42. The van der Waals surface area contributed by atoms with Crippen molar-refractivity contribution in [2.45, 2.75) is 6.92 Å². The zero-order valence-electron chi connectivity index (χ0n) is 9.35. The molecule has 86 valence electrons. The van der Waals surface area contributed by atoms with Crippen molar-refractivity contribution >= 4 is 15.9 Å². The zero-order valence-corrected chi connectivity index (χ0v) is 10.2. The number of anilines is 1. The standard InChI is InChI=1S/C10H13N3O2S/c1-8-4-5-9(7-11)6-10(8)12-16(14,15)13(2)3/h4-6,12H,1-3H3. The van der Waals surface area contributed by atoms with Gasteiger partial charge in [-0.2, -0.15) is 18.0 Å². The van der Waals surface area contributed by atoms with Crippen molar-refractivity contribution in [1.82, 2.24) is 4.31 Å². The van der Waals surface area contributed by atoms with Crippen LogP contribution in [-0.2, 0) is 10.2 Å². The number of nitrogens with zero attached hydrogens (tertiary/aromatic N) is 2. The molecular formula is C10H13N3O2S. The molecule has 0 heterocycles. The summed E-state index contributed by atoms with van der Waals surface area (Å²) in [5.41, 5.74) is 1.61. The lowest BCUT2D eigenvalue weighted by Crippen LogP contribution is -2.29. The average Bonchev–Trinajstić information content (AvgIpc) is 2.21. The van der Waals surface area contributed by atoms with Crippen LogP contribution in [-0.4, -0.2) is 26.8 Å². The lowest BCUT2D eigenvalue weighted by Gasteiger charge is -2.14. The summed E-state index contributed by atoms with van der Waals surface area (Å²) >= 11 is 0. The summed E-state index contributed by atoms with van der Waals surface area (Å²) in [5.74, 6) is 0. The van der Waals surface area contributed by atoms with E-state index in [1.54, 1.807) is 19.1 Å². The van der Waals surface area contributed by atoms with Gasteiger partial charge in [-0.1, -0.05) is 6.07 Å². The molecule has 5 nitrogen and oxygen atoms in total. The van der Waals surface area contributed by atoms with Crippen LogP contribution in [0.5, 0.6) is 0 Å². The second-order valence-electron chi connectivity index (χ2n) is 3.53. The minimum Gasteiger partial charge on any atom is -0.271 e. The molecule has 16 heavy (non-hydrogen) atoms. The van der Waals surface area contributed by atoms with Crippen LogP contribution >= 0.6 is 0 Å². The van der Waals surface area contributed by atoms with Gasteiger partial charge in [0.15, 0.2) is 0 Å². The van der Waals surface area contributed by atoms with Gasteiger partial charge < -0.3 is 0 Å². The largest absolute Gasteiger partial charge is 0.301 e. The first kappa shape index (κ1) is 12.5. The van der Waals surface area contributed by atoms with Crippen molar-refractivity contribution in [3.8, 4) is 6.07 Å². The predicted molar refractivity (Wildman–Crippen MR) is 62.1 cm³/mol. The van der Waals surface area contributed by atoms with E-state index in [0.29, 0.717) is 11.3 Å². The molecule has 1 aromatic carbocycles. The van der Waals surface area contributed by atoms with Crippen LogP contribution in [0.3, 0.4) is 0 Å². The van der Waals surface area contributed by atoms with Gasteiger partial charge in [-0.05, 0) is 24.6 Å². The Balaban J connectivity index is 3.12. The number of rotatable bonds is 3. The highest BCUT2D eigenvalue weighted by Gasteiger charge is 2.14. The Kier molecular flexibility index (Phi) is 3.52. The lowest BCUT2D eigenvalue weighted by atomic mass is 10.1. The van der Waals surface area contributed by atoms with E-state index in [9.17, 15) is 8.42 Å². The van der Waals surface area contributed by atoms with Crippen LogP contribution in [0.25, 0.3) is 0 Å². The molecule has 0 aliphatic heterocycles. The second kappa shape index (κ2) is 4.51. The highest BCUT2D eigenvalue weighted by molar-refractivity contribution is 7.90. The van der Waals surface area contributed by atoms with Gasteiger partial charge in [-0.25, -0.2) is 0 Å². The number of benzene rings is 1. The molecule has 0 aliphatic rings. The van der Waals surface area contributed by atoms with Gasteiger partial charge in [0.1, 0.15) is 0 Å². The normalized spacial score (nSPS) is 11.2. The van der Waals surface area contributed by atoms with E-state index in [2.05, 4.69) is 4.72 Å². The molecule has 0 radical (unpaired) electrons. The molecule has 1 rings (SSSR count). The molecule has 0 aromatic heterocycles. The number of hydrogen-bond acceptors (Lipinski definition) is 3. The smallest absolute Gasteiger partial charge is 0.271 e. The Hall–Kier alpha value is -1.58. The molecular weight excluding hydrogens is 226 g/mol. The maximum absolute atomic E-state index is 11.6. The quantitative estimate of drug-likeness (QED) is 0.858. The number of hydrogen-bond donors (Lipinski definition) is 1. The molecule has 0 atom stereocenters. The van der Waals surface area contributed by atoms with E-state index in [4.69, 9.17) is 5.26 Å². The van der Waals surface area contributed by atoms with E-state index in [1.807, 2.05) is 6.07 Å². The molecule has 1 N–H and O–H groups in total. The van der Waals surface area contributed by atoms with E-state index in [-0.39, 0.29) is 0 Å². The van der Waals surface area contributed by atoms with Crippen molar-refractivity contribution < 1.29 is 8.42 Å². The van der Waals surface area contributed by atoms with Crippen molar-refractivity contribution in [2.24, 2.45) is 0 Å². The molecule has 0 unspecified atom stereocenters. The summed E-state index contributed by atoms with van der Waals surface area (Å²) in [6.45, 7) is 1.77. The van der Waals surface area contributed by atoms with Crippen LogP contribution in [0.4, 0.5) is 5.69 Å². The molecule has 0 fully saturated rings. The molecule has 0 saturated heterocycles. The molecule has 6 heteroatoms. The van der Waals surface area contributed by atoms with Gasteiger partial charge in [0.05, 0.1) is 17.3 Å². The van der Waals surface area contributed by atoms with Crippen molar-refractivity contribution in [3.05, 3.63) is 29.3 Å². The van der Waals surface area contributed by atoms with Crippen molar-refractivity contribution in [3.63, 3.8) is 0 Å². The Bertz CT molecular complexity index is 529. The first-order valence-electron chi connectivity index (χ1n) is 4.58. The summed E-state index contributed by atoms with van der Waals surface area (Å²) in [6.07, 6.45) is 0. The Morgan fingerprint density at radius 2 is 2.00 bits per heavy atom. The molecule has 0 bridgehead atoms. The fourth-order valence-electron chi connectivity index (χ4n) is 1.03. The van der Waals surface area contributed by atoms with Gasteiger partial charge in [0.2, 0.25) is 0 Å². The summed E-state index contributed by atoms with van der Waals surface area (Å²) < 4.78 is 26.6. The molecule has 1 aromatic rings. The van der Waals surface area contributed by atoms with Crippen LogP contribution < -0.4 is 4.72 Å². The highest BCUT2D eigenvalue weighted by Crippen LogP contribution is 2.18. The fraction of sp³-hybridized carbons (Fsp3) is 0.300. The van der Waals surface area contributed by atoms with E-state index >= 15 is 0 Å². The number of aryl methyl sites for hydroxylation is 1. The van der Waals surface area contributed by atoms with Gasteiger partial charge in [0.25, 0.3) is 0 Å².